The van der Waals surface area contributed by atoms with Crippen LogP contribution < -0.4 is 10.1 Å². The van der Waals surface area contributed by atoms with Crippen molar-refractivity contribution in [2.24, 2.45) is 0 Å². The van der Waals surface area contributed by atoms with Gasteiger partial charge in [0, 0.05) is 18.2 Å². The highest BCUT2D eigenvalue weighted by molar-refractivity contribution is 5.41. The molecule has 2 aliphatic heterocycles. The number of alkyl halides is 2. The number of piperidine rings is 1. The molecule has 3 nitrogen and oxygen atoms in total. The smallest absolute Gasteiger partial charge is 0.251 e. The number of likely N-dealkylation sites (tertiary alicyclic amines) is 1. The lowest BCUT2D eigenvalue weighted by molar-refractivity contribution is 0.0716. The molecule has 1 aromatic rings. The van der Waals surface area contributed by atoms with Crippen LogP contribution in [0, 0.1) is 11.6 Å². The standard InChI is InChI=1S/C15H18F4N2O/c16-9-5-11(17)15-12(8-22-13(15)6-9)20-10-1-3-21(4-2-10)7-14(18)19/h5-6,10,12,14,20H,1-4,7-8H2. The van der Waals surface area contributed by atoms with E-state index in [1.54, 1.807) is 4.90 Å². The van der Waals surface area contributed by atoms with Crippen LogP contribution in [-0.2, 0) is 0 Å². The first-order valence-electron chi connectivity index (χ1n) is 7.41. The van der Waals surface area contributed by atoms with Crippen molar-refractivity contribution in [2.75, 3.05) is 26.2 Å². The summed E-state index contributed by atoms with van der Waals surface area (Å²) in [6, 6.07) is 1.85. The molecule has 0 aromatic heterocycles. The van der Waals surface area contributed by atoms with E-state index < -0.39 is 18.1 Å². The van der Waals surface area contributed by atoms with Gasteiger partial charge >= 0.3 is 0 Å². The zero-order valence-corrected chi connectivity index (χ0v) is 12.0. The average molecular weight is 318 g/mol. The van der Waals surface area contributed by atoms with Gasteiger partial charge in [0.1, 0.15) is 24.0 Å². The maximum absolute atomic E-state index is 13.9. The van der Waals surface area contributed by atoms with Gasteiger partial charge < -0.3 is 10.1 Å². The van der Waals surface area contributed by atoms with Gasteiger partial charge in [0.05, 0.1) is 18.2 Å². The SMILES string of the molecule is Fc1cc(F)c2c(c1)OCC2NC1CCN(CC(F)F)CC1. The summed E-state index contributed by atoms with van der Waals surface area (Å²) in [6.07, 6.45) is -0.869. The average Bonchev–Trinajstić information content (AvgIpc) is 2.83. The first-order valence-corrected chi connectivity index (χ1v) is 7.41. The number of rotatable bonds is 4. The number of nitrogens with zero attached hydrogens (tertiary/aromatic N) is 1. The summed E-state index contributed by atoms with van der Waals surface area (Å²) in [5.74, 6) is -1.03. The third-order valence-electron chi connectivity index (χ3n) is 4.23. The molecule has 1 aromatic carbocycles. The largest absolute Gasteiger partial charge is 0.491 e. The third-order valence-corrected chi connectivity index (χ3v) is 4.23. The number of hydrogen-bond acceptors (Lipinski definition) is 3. The van der Waals surface area contributed by atoms with Crippen LogP contribution in [0.25, 0.3) is 0 Å². The van der Waals surface area contributed by atoms with Gasteiger partial charge in [-0.2, -0.15) is 0 Å². The fourth-order valence-corrected chi connectivity index (χ4v) is 3.17. The van der Waals surface area contributed by atoms with Crippen LogP contribution in [-0.4, -0.2) is 43.6 Å². The van der Waals surface area contributed by atoms with E-state index >= 15 is 0 Å². The summed E-state index contributed by atoms with van der Waals surface area (Å²) in [5, 5.41) is 3.31. The number of fused-ring (bicyclic) bond motifs is 1. The third kappa shape index (κ3) is 3.35. The second-order valence-corrected chi connectivity index (χ2v) is 5.80. The molecule has 2 aliphatic rings. The number of ether oxygens (including phenoxy) is 1. The van der Waals surface area contributed by atoms with Crippen LogP contribution in [0.5, 0.6) is 5.75 Å². The zero-order valence-electron chi connectivity index (χ0n) is 12.0. The van der Waals surface area contributed by atoms with E-state index in [9.17, 15) is 17.6 Å². The van der Waals surface area contributed by atoms with Crippen LogP contribution in [0.4, 0.5) is 17.6 Å². The van der Waals surface area contributed by atoms with E-state index in [2.05, 4.69) is 5.32 Å². The van der Waals surface area contributed by atoms with E-state index in [1.165, 1.54) is 6.07 Å². The summed E-state index contributed by atoms with van der Waals surface area (Å²) < 4.78 is 57.1. The normalized spacial score (nSPS) is 22.9. The summed E-state index contributed by atoms with van der Waals surface area (Å²) in [5.41, 5.74) is 0.358. The number of hydrogen-bond donors (Lipinski definition) is 1. The molecule has 3 rings (SSSR count). The van der Waals surface area contributed by atoms with Crippen LogP contribution in [0.2, 0.25) is 0 Å². The number of nitrogens with one attached hydrogen (secondary N) is 1. The van der Waals surface area contributed by atoms with E-state index in [1.807, 2.05) is 0 Å². The second kappa shape index (κ2) is 6.42. The van der Waals surface area contributed by atoms with Gasteiger partial charge in [-0.15, -0.1) is 0 Å². The molecule has 122 valence electrons. The van der Waals surface area contributed by atoms with Crippen molar-refractivity contribution < 1.29 is 22.3 Å². The Morgan fingerprint density at radius 1 is 1.23 bits per heavy atom. The Hall–Kier alpha value is -1.34. The summed E-state index contributed by atoms with van der Waals surface area (Å²) in [7, 11) is 0. The quantitative estimate of drug-likeness (QED) is 0.864. The van der Waals surface area contributed by atoms with Crippen molar-refractivity contribution in [3.63, 3.8) is 0 Å². The van der Waals surface area contributed by atoms with Gasteiger partial charge in [0.25, 0.3) is 6.43 Å². The molecule has 0 aliphatic carbocycles. The Balaban J connectivity index is 1.59. The van der Waals surface area contributed by atoms with E-state index in [0.29, 0.717) is 18.7 Å². The molecule has 22 heavy (non-hydrogen) atoms. The van der Waals surface area contributed by atoms with Gasteiger partial charge in [-0.25, -0.2) is 17.6 Å². The van der Waals surface area contributed by atoms with E-state index in [4.69, 9.17) is 4.74 Å². The first kappa shape index (κ1) is 15.6. The highest BCUT2D eigenvalue weighted by atomic mass is 19.3. The maximum Gasteiger partial charge on any atom is 0.251 e. The predicted octanol–water partition coefficient (Wildman–Crippen LogP) is 2.72. The molecule has 0 radical (unpaired) electrons. The minimum Gasteiger partial charge on any atom is -0.491 e. The predicted molar refractivity (Wildman–Crippen MR) is 73.2 cm³/mol. The molecular formula is C15H18F4N2O. The Morgan fingerprint density at radius 2 is 1.95 bits per heavy atom. The lowest BCUT2D eigenvalue weighted by atomic mass is 10.0. The fourth-order valence-electron chi connectivity index (χ4n) is 3.17. The molecule has 1 N–H and O–H groups in total. The van der Waals surface area contributed by atoms with Crippen molar-refractivity contribution in [3.05, 3.63) is 29.3 Å². The van der Waals surface area contributed by atoms with Crippen molar-refractivity contribution >= 4 is 0 Å². The minimum atomic E-state index is -2.32. The van der Waals surface area contributed by atoms with Crippen molar-refractivity contribution in [1.82, 2.24) is 10.2 Å². The molecule has 1 unspecified atom stereocenters. The number of benzene rings is 1. The van der Waals surface area contributed by atoms with Crippen molar-refractivity contribution in [2.45, 2.75) is 31.4 Å². The monoisotopic (exact) mass is 318 g/mol. The van der Waals surface area contributed by atoms with Gasteiger partial charge in [-0.05, 0) is 25.9 Å². The van der Waals surface area contributed by atoms with Crippen LogP contribution in [0.15, 0.2) is 12.1 Å². The Morgan fingerprint density at radius 3 is 2.64 bits per heavy atom. The number of halogens is 4. The first-order chi connectivity index (χ1) is 10.5. The molecule has 1 atom stereocenters. The molecule has 0 spiro atoms. The Bertz CT molecular complexity index is 533. The fraction of sp³-hybridized carbons (Fsp3) is 0.600. The van der Waals surface area contributed by atoms with Crippen molar-refractivity contribution in [1.29, 1.82) is 0 Å². The topological polar surface area (TPSA) is 24.5 Å². The highest BCUT2D eigenvalue weighted by Crippen LogP contribution is 2.36. The molecule has 1 saturated heterocycles. The van der Waals surface area contributed by atoms with Gasteiger partial charge in [-0.1, -0.05) is 0 Å². The van der Waals surface area contributed by atoms with Gasteiger partial charge in [0.15, 0.2) is 0 Å². The Kier molecular flexibility index (Phi) is 4.54. The van der Waals surface area contributed by atoms with E-state index in [0.717, 1.165) is 18.9 Å². The summed E-state index contributed by atoms with van der Waals surface area (Å²) in [6.45, 7) is 1.24. The van der Waals surface area contributed by atoms with Crippen LogP contribution >= 0.6 is 0 Å². The summed E-state index contributed by atoms with van der Waals surface area (Å²) in [4.78, 5) is 1.73. The lowest BCUT2D eigenvalue weighted by Gasteiger charge is -2.33. The second-order valence-electron chi connectivity index (χ2n) is 5.80. The van der Waals surface area contributed by atoms with E-state index in [-0.39, 0.29) is 31.0 Å². The molecule has 7 heteroatoms. The van der Waals surface area contributed by atoms with Crippen molar-refractivity contribution in [3.8, 4) is 5.75 Å². The van der Waals surface area contributed by atoms with Gasteiger partial charge in [-0.3, -0.25) is 4.90 Å². The molecule has 0 bridgehead atoms. The molecule has 1 fully saturated rings. The zero-order chi connectivity index (χ0) is 15.7. The summed E-state index contributed by atoms with van der Waals surface area (Å²) >= 11 is 0. The molecule has 2 heterocycles. The highest BCUT2D eigenvalue weighted by Gasteiger charge is 2.31. The molecular weight excluding hydrogens is 300 g/mol. The van der Waals surface area contributed by atoms with Gasteiger partial charge in [0.2, 0.25) is 0 Å². The molecule has 0 saturated carbocycles. The Labute approximate surface area is 126 Å². The molecule has 0 amide bonds. The van der Waals surface area contributed by atoms with Crippen LogP contribution in [0.1, 0.15) is 24.4 Å². The van der Waals surface area contributed by atoms with Crippen LogP contribution in [0.3, 0.4) is 0 Å². The lowest BCUT2D eigenvalue weighted by Crippen LogP contribution is -2.45. The maximum atomic E-state index is 13.9. The minimum absolute atomic E-state index is 0.123.